The Morgan fingerprint density at radius 2 is 2.12 bits per heavy atom. The van der Waals surface area contributed by atoms with Crippen LogP contribution < -0.4 is 5.73 Å². The number of morpholine rings is 1. The average molecular weight is 230 g/mol. The molecule has 0 saturated carbocycles. The number of amides is 1. The van der Waals surface area contributed by atoms with Gasteiger partial charge < -0.3 is 15.4 Å². The van der Waals surface area contributed by atoms with Crippen LogP contribution in [0.1, 0.15) is 15.9 Å². The maximum atomic E-state index is 12.2. The Morgan fingerprint density at radius 1 is 1.41 bits per heavy atom. The van der Waals surface area contributed by atoms with Crippen molar-refractivity contribution in [3.05, 3.63) is 29.3 Å². The van der Waals surface area contributed by atoms with E-state index >= 15 is 0 Å². The van der Waals surface area contributed by atoms with Crippen LogP contribution in [0.15, 0.2) is 18.2 Å². The summed E-state index contributed by atoms with van der Waals surface area (Å²) in [6, 6.07) is 5.06. The Morgan fingerprint density at radius 3 is 2.71 bits per heavy atom. The van der Waals surface area contributed by atoms with E-state index in [4.69, 9.17) is 16.9 Å². The summed E-state index contributed by atoms with van der Waals surface area (Å²) in [5.41, 5.74) is 7.44. The van der Waals surface area contributed by atoms with Crippen LogP contribution in [0.3, 0.4) is 0 Å². The Labute approximate surface area is 100 Å². The number of carbonyl (C=O) groups is 1. The molecule has 2 rings (SSSR count). The summed E-state index contributed by atoms with van der Waals surface area (Å²) in [6.45, 7) is 2.37. The Balaban J connectivity index is 2.22. The predicted octanol–water partition coefficient (Wildman–Crippen LogP) is 0.723. The first-order chi connectivity index (χ1) is 8.22. The third-order valence-corrected chi connectivity index (χ3v) is 2.75. The molecule has 0 atom stereocenters. The van der Waals surface area contributed by atoms with E-state index in [1.807, 2.05) is 0 Å². The predicted molar refractivity (Wildman–Crippen MR) is 65.5 cm³/mol. The van der Waals surface area contributed by atoms with Crippen molar-refractivity contribution in [3.8, 4) is 12.3 Å². The van der Waals surface area contributed by atoms with Crippen LogP contribution in [0.2, 0.25) is 0 Å². The van der Waals surface area contributed by atoms with E-state index < -0.39 is 0 Å². The summed E-state index contributed by atoms with van der Waals surface area (Å²) in [4.78, 5) is 13.9. The molecule has 0 aromatic heterocycles. The van der Waals surface area contributed by atoms with Crippen LogP contribution >= 0.6 is 0 Å². The Kier molecular flexibility index (Phi) is 3.31. The second-order valence-electron chi connectivity index (χ2n) is 3.85. The molecule has 1 amide bonds. The molecule has 1 aromatic rings. The van der Waals surface area contributed by atoms with Crippen LogP contribution in [0.5, 0.6) is 0 Å². The topological polar surface area (TPSA) is 55.6 Å². The largest absolute Gasteiger partial charge is 0.398 e. The minimum atomic E-state index is -0.0608. The van der Waals surface area contributed by atoms with Gasteiger partial charge in [-0.25, -0.2) is 0 Å². The number of terminal acetylenes is 1. The number of ether oxygens (including phenoxy) is 1. The molecule has 4 nitrogen and oxygen atoms in total. The summed E-state index contributed by atoms with van der Waals surface area (Å²) in [5.74, 6) is 2.43. The third kappa shape index (κ3) is 2.40. The zero-order valence-electron chi connectivity index (χ0n) is 9.48. The van der Waals surface area contributed by atoms with Gasteiger partial charge in [-0.3, -0.25) is 4.79 Å². The molecule has 1 aliphatic heterocycles. The van der Waals surface area contributed by atoms with Gasteiger partial charge in [-0.1, -0.05) is 5.92 Å². The van der Waals surface area contributed by atoms with E-state index in [2.05, 4.69) is 5.92 Å². The molecule has 1 heterocycles. The highest BCUT2D eigenvalue weighted by molar-refractivity contribution is 5.99. The van der Waals surface area contributed by atoms with Gasteiger partial charge in [0.2, 0.25) is 0 Å². The van der Waals surface area contributed by atoms with Crippen LogP contribution in [0.25, 0.3) is 0 Å². The third-order valence-electron chi connectivity index (χ3n) is 2.75. The second kappa shape index (κ2) is 4.89. The zero-order valence-corrected chi connectivity index (χ0v) is 9.48. The molecule has 4 heteroatoms. The van der Waals surface area contributed by atoms with Gasteiger partial charge in [0.1, 0.15) is 0 Å². The van der Waals surface area contributed by atoms with Crippen molar-refractivity contribution >= 4 is 11.6 Å². The van der Waals surface area contributed by atoms with Crippen molar-refractivity contribution < 1.29 is 9.53 Å². The van der Waals surface area contributed by atoms with E-state index in [0.29, 0.717) is 43.1 Å². The highest BCUT2D eigenvalue weighted by Gasteiger charge is 2.20. The maximum absolute atomic E-state index is 12.2. The molecule has 17 heavy (non-hydrogen) atoms. The molecule has 88 valence electrons. The van der Waals surface area contributed by atoms with Gasteiger partial charge in [0, 0.05) is 24.3 Å². The number of hydrogen-bond acceptors (Lipinski definition) is 3. The summed E-state index contributed by atoms with van der Waals surface area (Å²) >= 11 is 0. The quantitative estimate of drug-likeness (QED) is 0.571. The lowest BCUT2D eigenvalue weighted by molar-refractivity contribution is 0.0303. The van der Waals surface area contributed by atoms with Crippen LogP contribution in [0, 0.1) is 12.3 Å². The molecule has 0 aliphatic carbocycles. The SMILES string of the molecule is C#Cc1ccc(C(=O)N2CCOCC2)c(N)c1. The van der Waals surface area contributed by atoms with E-state index in [1.165, 1.54) is 0 Å². The van der Waals surface area contributed by atoms with Gasteiger partial charge in [0.25, 0.3) is 5.91 Å². The lowest BCUT2D eigenvalue weighted by Crippen LogP contribution is -2.40. The summed E-state index contributed by atoms with van der Waals surface area (Å²) in [7, 11) is 0. The number of nitrogen functional groups attached to an aromatic ring is 1. The van der Waals surface area contributed by atoms with Crippen LogP contribution in [-0.2, 0) is 4.74 Å². The highest BCUT2D eigenvalue weighted by atomic mass is 16.5. The van der Waals surface area contributed by atoms with Gasteiger partial charge >= 0.3 is 0 Å². The van der Waals surface area contributed by atoms with Crippen molar-refractivity contribution in [1.29, 1.82) is 0 Å². The zero-order chi connectivity index (χ0) is 12.3. The number of rotatable bonds is 1. The smallest absolute Gasteiger partial charge is 0.256 e. The van der Waals surface area contributed by atoms with Gasteiger partial charge in [-0.05, 0) is 18.2 Å². The van der Waals surface area contributed by atoms with Gasteiger partial charge in [-0.2, -0.15) is 0 Å². The summed E-state index contributed by atoms with van der Waals surface area (Å²) in [6.07, 6.45) is 5.27. The molecule has 0 spiro atoms. The van der Waals surface area contributed by atoms with Gasteiger partial charge in [0.15, 0.2) is 0 Å². The van der Waals surface area contributed by atoms with E-state index in [9.17, 15) is 4.79 Å². The minimum Gasteiger partial charge on any atom is -0.398 e. The molecule has 0 unspecified atom stereocenters. The van der Waals surface area contributed by atoms with Gasteiger partial charge in [0.05, 0.1) is 18.8 Å². The fraction of sp³-hybridized carbons (Fsp3) is 0.308. The molecule has 0 bridgehead atoms. The molecule has 2 N–H and O–H groups in total. The van der Waals surface area contributed by atoms with Crippen molar-refractivity contribution in [2.75, 3.05) is 32.0 Å². The summed E-state index contributed by atoms with van der Waals surface area (Å²) in [5, 5.41) is 0. The number of benzene rings is 1. The van der Waals surface area contributed by atoms with Gasteiger partial charge in [-0.15, -0.1) is 6.42 Å². The van der Waals surface area contributed by atoms with Crippen LogP contribution in [0.4, 0.5) is 5.69 Å². The molecular weight excluding hydrogens is 216 g/mol. The van der Waals surface area contributed by atoms with Crippen molar-refractivity contribution in [2.24, 2.45) is 0 Å². The molecule has 1 saturated heterocycles. The van der Waals surface area contributed by atoms with Crippen molar-refractivity contribution in [2.45, 2.75) is 0 Å². The first-order valence-corrected chi connectivity index (χ1v) is 5.45. The van der Waals surface area contributed by atoms with E-state index in [1.54, 1.807) is 23.1 Å². The maximum Gasteiger partial charge on any atom is 0.256 e. The molecular formula is C13H14N2O2. The summed E-state index contributed by atoms with van der Waals surface area (Å²) < 4.78 is 5.20. The lowest BCUT2D eigenvalue weighted by atomic mass is 10.1. The fourth-order valence-electron chi connectivity index (χ4n) is 1.78. The minimum absolute atomic E-state index is 0.0608. The molecule has 1 aliphatic rings. The Bertz CT molecular complexity index is 471. The first kappa shape index (κ1) is 11.5. The molecule has 1 aromatic carbocycles. The number of anilines is 1. The fourth-order valence-corrected chi connectivity index (χ4v) is 1.78. The first-order valence-electron chi connectivity index (χ1n) is 5.45. The normalized spacial score (nSPS) is 15.4. The second-order valence-corrected chi connectivity index (χ2v) is 3.85. The average Bonchev–Trinajstić information content (AvgIpc) is 2.39. The Hall–Kier alpha value is -1.99. The number of carbonyl (C=O) groups excluding carboxylic acids is 1. The molecule has 1 fully saturated rings. The number of hydrogen-bond donors (Lipinski definition) is 1. The number of nitrogens with two attached hydrogens (primary N) is 1. The monoisotopic (exact) mass is 230 g/mol. The lowest BCUT2D eigenvalue weighted by Gasteiger charge is -2.27. The van der Waals surface area contributed by atoms with Crippen molar-refractivity contribution in [1.82, 2.24) is 4.90 Å². The number of nitrogens with zero attached hydrogens (tertiary/aromatic N) is 1. The van der Waals surface area contributed by atoms with Crippen molar-refractivity contribution in [3.63, 3.8) is 0 Å². The molecule has 0 radical (unpaired) electrons. The highest BCUT2D eigenvalue weighted by Crippen LogP contribution is 2.16. The van der Waals surface area contributed by atoms with E-state index in [0.717, 1.165) is 0 Å². The van der Waals surface area contributed by atoms with Crippen LogP contribution in [-0.4, -0.2) is 37.1 Å². The van der Waals surface area contributed by atoms with E-state index in [-0.39, 0.29) is 5.91 Å². The standard InChI is InChI=1S/C13H14N2O2/c1-2-10-3-4-11(12(14)9-10)13(16)15-5-7-17-8-6-15/h1,3-4,9H,5-8,14H2.